The van der Waals surface area contributed by atoms with Crippen LogP contribution in [0.2, 0.25) is 10.0 Å². The minimum atomic E-state index is 0.527. The van der Waals surface area contributed by atoms with E-state index in [1.165, 1.54) is 11.1 Å². The van der Waals surface area contributed by atoms with Crippen molar-refractivity contribution in [2.75, 3.05) is 23.8 Å². The molecular weight excluding hydrogens is 305 g/mol. The second-order valence-corrected chi connectivity index (χ2v) is 5.87. The molecule has 3 nitrogen and oxygen atoms in total. The summed E-state index contributed by atoms with van der Waals surface area (Å²) in [5.74, 6) is 1.33. The Hall–Kier alpha value is -1.45. The monoisotopic (exact) mass is 323 g/mol. The third kappa shape index (κ3) is 3.60. The fraction of sp³-hybridized carbons (Fsp3) is 0.312. The van der Waals surface area contributed by atoms with Crippen molar-refractivity contribution in [3.05, 3.63) is 45.4 Å². The van der Waals surface area contributed by atoms with Crippen LogP contribution in [0.4, 0.5) is 17.3 Å². The van der Waals surface area contributed by atoms with Gasteiger partial charge in [-0.05, 0) is 50.1 Å². The molecular formula is C16H19Cl2N3. The van der Waals surface area contributed by atoms with E-state index in [9.17, 15) is 0 Å². The summed E-state index contributed by atoms with van der Waals surface area (Å²) in [7, 11) is 1.95. The Morgan fingerprint density at radius 1 is 1.05 bits per heavy atom. The quantitative estimate of drug-likeness (QED) is 0.837. The summed E-state index contributed by atoms with van der Waals surface area (Å²) in [5, 5.41) is 4.20. The van der Waals surface area contributed by atoms with E-state index >= 15 is 0 Å². The second-order valence-electron chi connectivity index (χ2n) is 5.06. The predicted molar refractivity (Wildman–Crippen MR) is 92.4 cm³/mol. The fourth-order valence-electron chi connectivity index (χ4n) is 2.25. The zero-order valence-corrected chi connectivity index (χ0v) is 14.2. The first-order valence-corrected chi connectivity index (χ1v) is 7.60. The average molecular weight is 324 g/mol. The van der Waals surface area contributed by atoms with Crippen LogP contribution >= 0.6 is 23.2 Å². The number of rotatable bonds is 4. The average Bonchev–Trinajstić information content (AvgIpc) is 2.40. The largest absolute Gasteiger partial charge is 0.369 e. The van der Waals surface area contributed by atoms with Crippen LogP contribution in [0.5, 0.6) is 0 Å². The highest BCUT2D eigenvalue weighted by Gasteiger charge is 2.14. The molecule has 0 radical (unpaired) electrons. The van der Waals surface area contributed by atoms with E-state index in [2.05, 4.69) is 42.3 Å². The lowest BCUT2D eigenvalue weighted by atomic mass is 10.1. The number of pyridine rings is 1. The summed E-state index contributed by atoms with van der Waals surface area (Å²) in [4.78, 5) is 6.52. The summed E-state index contributed by atoms with van der Waals surface area (Å²) >= 11 is 12.5. The molecule has 0 atom stereocenters. The number of aromatic nitrogens is 1. The molecule has 1 heterocycles. The Morgan fingerprint density at radius 3 is 2.24 bits per heavy atom. The molecule has 0 aliphatic rings. The smallest absolute Gasteiger partial charge is 0.154 e. The molecule has 0 aliphatic heterocycles. The van der Waals surface area contributed by atoms with Gasteiger partial charge in [0.1, 0.15) is 5.82 Å². The van der Waals surface area contributed by atoms with Gasteiger partial charge in [-0.15, -0.1) is 0 Å². The van der Waals surface area contributed by atoms with Crippen molar-refractivity contribution in [2.24, 2.45) is 0 Å². The number of hydrogen-bond acceptors (Lipinski definition) is 3. The lowest BCUT2D eigenvalue weighted by molar-refractivity contribution is 1.10. The van der Waals surface area contributed by atoms with Gasteiger partial charge in [0.05, 0.1) is 10.0 Å². The highest BCUT2D eigenvalue weighted by molar-refractivity contribution is 6.37. The third-order valence-corrected chi connectivity index (χ3v) is 3.73. The Labute approximate surface area is 135 Å². The summed E-state index contributed by atoms with van der Waals surface area (Å²) < 4.78 is 0. The summed E-state index contributed by atoms with van der Waals surface area (Å²) in [5.41, 5.74) is 3.45. The van der Waals surface area contributed by atoms with Gasteiger partial charge in [-0.25, -0.2) is 4.98 Å². The first-order valence-electron chi connectivity index (χ1n) is 6.84. The molecule has 0 spiro atoms. The topological polar surface area (TPSA) is 28.2 Å². The molecule has 0 fully saturated rings. The van der Waals surface area contributed by atoms with E-state index in [0.717, 1.165) is 12.2 Å². The van der Waals surface area contributed by atoms with E-state index in [-0.39, 0.29) is 0 Å². The second kappa shape index (κ2) is 6.54. The number of nitrogens with one attached hydrogen (secondary N) is 1. The number of hydrogen-bond donors (Lipinski definition) is 1. The van der Waals surface area contributed by atoms with Crippen LogP contribution in [0.15, 0.2) is 24.3 Å². The van der Waals surface area contributed by atoms with E-state index in [0.29, 0.717) is 21.7 Å². The van der Waals surface area contributed by atoms with Gasteiger partial charge in [-0.1, -0.05) is 29.3 Å². The predicted octanol–water partition coefficient (Wildman–Crippen LogP) is 5.20. The van der Waals surface area contributed by atoms with Crippen molar-refractivity contribution >= 4 is 40.5 Å². The minimum absolute atomic E-state index is 0.527. The molecule has 1 N–H and O–H groups in total. The lowest BCUT2D eigenvalue weighted by Gasteiger charge is -2.22. The minimum Gasteiger partial charge on any atom is -0.369 e. The molecule has 0 saturated heterocycles. The van der Waals surface area contributed by atoms with Crippen molar-refractivity contribution in [3.8, 4) is 0 Å². The maximum atomic E-state index is 6.31. The van der Waals surface area contributed by atoms with Crippen LogP contribution in [0.1, 0.15) is 18.1 Å². The molecule has 1 aromatic heterocycles. The number of benzene rings is 1. The van der Waals surface area contributed by atoms with E-state index < -0.39 is 0 Å². The van der Waals surface area contributed by atoms with Crippen molar-refractivity contribution in [3.63, 3.8) is 0 Å². The molecule has 21 heavy (non-hydrogen) atoms. The number of halogens is 2. The van der Waals surface area contributed by atoms with Crippen LogP contribution in [0.25, 0.3) is 0 Å². The van der Waals surface area contributed by atoms with E-state index in [4.69, 9.17) is 23.2 Å². The number of nitrogens with zero attached hydrogens (tertiary/aromatic N) is 2. The summed E-state index contributed by atoms with van der Waals surface area (Å²) in [6.45, 7) is 6.90. The molecule has 0 saturated carbocycles. The van der Waals surface area contributed by atoms with Crippen LogP contribution in [0, 0.1) is 13.8 Å². The first kappa shape index (κ1) is 15.9. The highest BCUT2D eigenvalue weighted by Crippen LogP contribution is 2.34. The Balaban J connectivity index is 2.46. The molecule has 0 aliphatic carbocycles. The Morgan fingerprint density at radius 2 is 1.67 bits per heavy atom. The van der Waals surface area contributed by atoms with Gasteiger partial charge in [0.25, 0.3) is 0 Å². The maximum absolute atomic E-state index is 6.31. The van der Waals surface area contributed by atoms with Gasteiger partial charge >= 0.3 is 0 Å². The molecule has 2 aromatic rings. The van der Waals surface area contributed by atoms with Gasteiger partial charge in [0.2, 0.25) is 0 Å². The van der Waals surface area contributed by atoms with Crippen LogP contribution in [-0.4, -0.2) is 18.6 Å². The fourth-order valence-corrected chi connectivity index (χ4v) is 2.80. The van der Waals surface area contributed by atoms with E-state index in [1.54, 1.807) is 6.07 Å². The standard InChI is InChI=1S/C16H19Cl2N3/c1-5-19-15-13(17)9-14(18)16(20-15)21(4)12-7-10(2)6-11(3)8-12/h6-9H,5H2,1-4H3,(H,19,20). The van der Waals surface area contributed by atoms with Crippen LogP contribution in [0.3, 0.4) is 0 Å². The highest BCUT2D eigenvalue weighted by atomic mass is 35.5. The van der Waals surface area contributed by atoms with Crippen LogP contribution in [-0.2, 0) is 0 Å². The van der Waals surface area contributed by atoms with E-state index in [1.807, 2.05) is 18.9 Å². The number of aryl methyl sites for hydroxylation is 2. The zero-order valence-electron chi connectivity index (χ0n) is 12.7. The van der Waals surface area contributed by atoms with Crippen molar-refractivity contribution < 1.29 is 0 Å². The van der Waals surface area contributed by atoms with Gasteiger partial charge in [-0.3, -0.25) is 0 Å². The maximum Gasteiger partial charge on any atom is 0.154 e. The first-order chi connectivity index (χ1) is 9.92. The molecule has 0 bridgehead atoms. The Bertz CT molecular complexity index is 636. The SMILES string of the molecule is CCNc1nc(N(C)c2cc(C)cc(C)c2)c(Cl)cc1Cl. The third-order valence-electron chi connectivity index (χ3n) is 3.17. The number of anilines is 3. The normalized spacial score (nSPS) is 10.6. The lowest BCUT2D eigenvalue weighted by Crippen LogP contribution is -2.13. The van der Waals surface area contributed by atoms with Crippen molar-refractivity contribution in [1.29, 1.82) is 0 Å². The molecule has 0 unspecified atom stereocenters. The van der Waals surface area contributed by atoms with Gasteiger partial charge in [0, 0.05) is 19.3 Å². The summed E-state index contributed by atoms with van der Waals surface area (Å²) in [6.07, 6.45) is 0. The van der Waals surface area contributed by atoms with Gasteiger partial charge < -0.3 is 10.2 Å². The van der Waals surface area contributed by atoms with Crippen molar-refractivity contribution in [2.45, 2.75) is 20.8 Å². The molecule has 5 heteroatoms. The summed E-state index contributed by atoms with van der Waals surface area (Å²) in [6, 6.07) is 8.07. The van der Waals surface area contributed by atoms with Gasteiger partial charge in [-0.2, -0.15) is 0 Å². The zero-order chi connectivity index (χ0) is 15.6. The Kier molecular flexibility index (Phi) is 4.96. The van der Waals surface area contributed by atoms with Crippen molar-refractivity contribution in [1.82, 2.24) is 4.98 Å². The molecule has 0 amide bonds. The van der Waals surface area contributed by atoms with Gasteiger partial charge in [0.15, 0.2) is 5.82 Å². The molecule has 1 aromatic carbocycles. The molecule has 2 rings (SSSR count). The van der Waals surface area contributed by atoms with Crippen LogP contribution < -0.4 is 10.2 Å². The molecule has 112 valence electrons.